The highest BCUT2D eigenvalue weighted by Gasteiger charge is 2.15. The summed E-state index contributed by atoms with van der Waals surface area (Å²) < 4.78 is 10.7. The second-order valence-corrected chi connectivity index (χ2v) is 6.79. The summed E-state index contributed by atoms with van der Waals surface area (Å²) in [5.41, 5.74) is 1.17. The molecule has 1 atom stereocenters. The van der Waals surface area contributed by atoms with E-state index in [4.69, 9.17) is 9.26 Å². The van der Waals surface area contributed by atoms with E-state index in [1.165, 1.54) is 4.88 Å². The van der Waals surface area contributed by atoms with Crippen LogP contribution >= 0.6 is 11.3 Å². The number of pyridine rings is 1. The van der Waals surface area contributed by atoms with Gasteiger partial charge in [0.25, 0.3) is 5.91 Å². The average molecular weight is 357 g/mol. The number of aromatic nitrogens is 2. The molecule has 0 spiro atoms. The van der Waals surface area contributed by atoms with Gasteiger partial charge in [-0.25, -0.2) is 0 Å². The number of carbonyl (C=O) groups is 1. The molecular formula is C18H19N3O3S. The summed E-state index contributed by atoms with van der Waals surface area (Å²) in [6.45, 7) is 4.06. The number of nitrogens with one attached hydrogen (secondary N) is 1. The maximum absolute atomic E-state index is 12.2. The van der Waals surface area contributed by atoms with E-state index in [1.807, 2.05) is 37.4 Å². The normalized spacial score (nSPS) is 11.9. The number of aryl methyl sites for hydroxylation is 1. The van der Waals surface area contributed by atoms with Crippen molar-refractivity contribution in [2.24, 2.45) is 0 Å². The van der Waals surface area contributed by atoms with Crippen molar-refractivity contribution in [3.8, 4) is 5.75 Å². The lowest BCUT2D eigenvalue weighted by molar-refractivity contribution is 0.0930. The Hall–Kier alpha value is -2.67. The first kappa shape index (κ1) is 17.2. The van der Waals surface area contributed by atoms with Crippen LogP contribution in [0.4, 0.5) is 0 Å². The van der Waals surface area contributed by atoms with Crippen LogP contribution in [0.2, 0.25) is 0 Å². The largest absolute Gasteiger partial charge is 0.484 e. The molecule has 0 bridgehead atoms. The number of hydrogen-bond acceptors (Lipinski definition) is 6. The third-order valence-corrected chi connectivity index (χ3v) is 4.42. The molecule has 3 aromatic heterocycles. The quantitative estimate of drug-likeness (QED) is 0.701. The highest BCUT2D eigenvalue weighted by atomic mass is 32.1. The van der Waals surface area contributed by atoms with Crippen molar-refractivity contribution in [3.05, 3.63) is 63.9 Å². The lowest BCUT2D eigenvalue weighted by Crippen LogP contribution is -2.34. The molecule has 130 valence electrons. The molecule has 3 rings (SSSR count). The van der Waals surface area contributed by atoms with Gasteiger partial charge in [-0.05, 0) is 37.4 Å². The third-order valence-electron chi connectivity index (χ3n) is 3.52. The summed E-state index contributed by atoms with van der Waals surface area (Å²) in [6.07, 6.45) is 2.43. The first-order valence-electron chi connectivity index (χ1n) is 7.94. The Labute approximate surface area is 149 Å². The molecule has 0 aliphatic heterocycles. The summed E-state index contributed by atoms with van der Waals surface area (Å²) in [4.78, 5) is 17.6. The SMILES string of the molecule is Cc1ccc(OCc2cc(C(=O)NC(C)Cc3cccs3)no2)cn1. The van der Waals surface area contributed by atoms with Gasteiger partial charge in [-0.15, -0.1) is 11.3 Å². The van der Waals surface area contributed by atoms with Crippen molar-refractivity contribution in [1.82, 2.24) is 15.5 Å². The van der Waals surface area contributed by atoms with Crippen LogP contribution in [0.1, 0.15) is 33.7 Å². The molecule has 0 fully saturated rings. The van der Waals surface area contributed by atoms with Gasteiger partial charge in [0.2, 0.25) is 0 Å². The Kier molecular flexibility index (Phi) is 5.45. The van der Waals surface area contributed by atoms with Crippen LogP contribution in [0, 0.1) is 6.92 Å². The van der Waals surface area contributed by atoms with Gasteiger partial charge in [0.1, 0.15) is 12.4 Å². The van der Waals surface area contributed by atoms with Crippen LogP contribution in [0.25, 0.3) is 0 Å². The lowest BCUT2D eigenvalue weighted by atomic mass is 10.2. The number of hydrogen-bond donors (Lipinski definition) is 1. The average Bonchev–Trinajstić information content (AvgIpc) is 3.26. The molecule has 0 aliphatic carbocycles. The minimum atomic E-state index is -0.254. The Balaban J connectivity index is 1.51. The topological polar surface area (TPSA) is 77.2 Å². The minimum Gasteiger partial charge on any atom is -0.484 e. The fourth-order valence-corrected chi connectivity index (χ4v) is 3.10. The van der Waals surface area contributed by atoms with Crippen LogP contribution < -0.4 is 10.1 Å². The Morgan fingerprint density at radius 1 is 1.40 bits per heavy atom. The second-order valence-electron chi connectivity index (χ2n) is 5.76. The fourth-order valence-electron chi connectivity index (χ4n) is 2.26. The van der Waals surface area contributed by atoms with E-state index < -0.39 is 0 Å². The molecule has 6 nitrogen and oxygen atoms in total. The van der Waals surface area contributed by atoms with Gasteiger partial charge < -0.3 is 14.6 Å². The van der Waals surface area contributed by atoms with E-state index in [2.05, 4.69) is 21.5 Å². The molecule has 0 aromatic carbocycles. The Bertz CT molecular complexity index is 812. The van der Waals surface area contributed by atoms with Gasteiger partial charge >= 0.3 is 0 Å². The number of rotatable bonds is 7. The highest BCUT2D eigenvalue weighted by Crippen LogP contribution is 2.13. The minimum absolute atomic E-state index is 0.0150. The summed E-state index contributed by atoms with van der Waals surface area (Å²) in [7, 11) is 0. The maximum Gasteiger partial charge on any atom is 0.273 e. The van der Waals surface area contributed by atoms with Gasteiger partial charge in [-0.1, -0.05) is 11.2 Å². The molecule has 7 heteroatoms. The zero-order valence-electron chi connectivity index (χ0n) is 14.1. The predicted octanol–water partition coefficient (Wildman–Crippen LogP) is 3.38. The molecule has 3 heterocycles. The lowest BCUT2D eigenvalue weighted by Gasteiger charge is -2.11. The Morgan fingerprint density at radius 2 is 2.28 bits per heavy atom. The molecule has 1 N–H and O–H groups in total. The van der Waals surface area contributed by atoms with E-state index in [0.29, 0.717) is 11.5 Å². The molecular weight excluding hydrogens is 338 g/mol. The van der Waals surface area contributed by atoms with Crippen LogP contribution in [-0.4, -0.2) is 22.1 Å². The highest BCUT2D eigenvalue weighted by molar-refractivity contribution is 7.09. The summed E-state index contributed by atoms with van der Waals surface area (Å²) in [5, 5.41) is 8.76. The van der Waals surface area contributed by atoms with E-state index in [0.717, 1.165) is 12.1 Å². The molecule has 0 radical (unpaired) electrons. The van der Waals surface area contributed by atoms with E-state index in [9.17, 15) is 4.79 Å². The van der Waals surface area contributed by atoms with Gasteiger partial charge in [-0.3, -0.25) is 9.78 Å². The summed E-state index contributed by atoms with van der Waals surface area (Å²) in [6, 6.07) is 9.36. The Morgan fingerprint density at radius 3 is 3.00 bits per heavy atom. The standard InChI is InChI=1S/C18H19N3O3S/c1-12-5-6-14(10-19-12)23-11-15-9-17(21-24-15)18(22)20-13(2)8-16-4-3-7-25-16/h3-7,9-10,13H,8,11H2,1-2H3,(H,20,22). The van der Waals surface area contributed by atoms with Crippen molar-refractivity contribution in [1.29, 1.82) is 0 Å². The van der Waals surface area contributed by atoms with Crippen LogP contribution in [0.15, 0.2) is 46.4 Å². The first-order chi connectivity index (χ1) is 12.1. The number of nitrogens with zero attached hydrogens (tertiary/aromatic N) is 2. The van der Waals surface area contributed by atoms with E-state index in [-0.39, 0.29) is 24.2 Å². The van der Waals surface area contributed by atoms with E-state index >= 15 is 0 Å². The smallest absolute Gasteiger partial charge is 0.273 e. The van der Waals surface area contributed by atoms with Crippen molar-refractivity contribution in [2.45, 2.75) is 32.9 Å². The van der Waals surface area contributed by atoms with Crippen molar-refractivity contribution in [2.75, 3.05) is 0 Å². The first-order valence-corrected chi connectivity index (χ1v) is 8.82. The fraction of sp³-hybridized carbons (Fsp3) is 0.278. The zero-order chi connectivity index (χ0) is 17.6. The van der Waals surface area contributed by atoms with Gasteiger partial charge in [0, 0.05) is 29.1 Å². The van der Waals surface area contributed by atoms with Gasteiger partial charge in [-0.2, -0.15) is 0 Å². The molecule has 3 aromatic rings. The van der Waals surface area contributed by atoms with Crippen molar-refractivity contribution >= 4 is 17.2 Å². The summed E-state index contributed by atoms with van der Waals surface area (Å²) in [5.74, 6) is 0.866. The van der Waals surface area contributed by atoms with Crippen LogP contribution in [0.3, 0.4) is 0 Å². The molecule has 0 saturated heterocycles. The third kappa shape index (κ3) is 4.90. The monoisotopic (exact) mass is 357 g/mol. The number of thiophene rings is 1. The molecule has 1 amide bonds. The number of ether oxygens (including phenoxy) is 1. The van der Waals surface area contributed by atoms with E-state index in [1.54, 1.807) is 23.6 Å². The summed E-state index contributed by atoms with van der Waals surface area (Å²) >= 11 is 1.68. The molecule has 1 unspecified atom stereocenters. The second kappa shape index (κ2) is 7.94. The van der Waals surface area contributed by atoms with Gasteiger partial charge in [0.05, 0.1) is 6.20 Å². The van der Waals surface area contributed by atoms with Crippen LogP contribution in [0.5, 0.6) is 5.75 Å². The van der Waals surface area contributed by atoms with Crippen molar-refractivity contribution in [3.63, 3.8) is 0 Å². The van der Waals surface area contributed by atoms with Gasteiger partial charge in [0.15, 0.2) is 11.5 Å². The number of amides is 1. The van der Waals surface area contributed by atoms with Crippen molar-refractivity contribution < 1.29 is 14.1 Å². The predicted molar refractivity (Wildman–Crippen MR) is 94.8 cm³/mol. The molecule has 25 heavy (non-hydrogen) atoms. The maximum atomic E-state index is 12.2. The molecule has 0 saturated carbocycles. The van der Waals surface area contributed by atoms with Crippen LogP contribution in [-0.2, 0) is 13.0 Å². The molecule has 0 aliphatic rings. The zero-order valence-corrected chi connectivity index (χ0v) is 14.9. The number of carbonyl (C=O) groups excluding carboxylic acids is 1.